The van der Waals surface area contributed by atoms with Crippen LogP contribution in [-0.4, -0.2) is 111 Å². The first-order chi connectivity index (χ1) is 65.7. The molecule has 728 valence electrons. The molecule has 0 spiro atoms. The molecule has 0 aromatic heterocycles. The predicted molar refractivity (Wildman–Crippen MR) is 527 cm³/mol. The fourth-order valence-corrected chi connectivity index (χ4v) is 19.3. The molecule has 3 heterocycles. The van der Waals surface area contributed by atoms with Crippen molar-refractivity contribution in [2.24, 2.45) is 0 Å². The minimum Gasteiger partial charge on any atom is -0.543 e. The Labute approximate surface area is 820 Å². The molecule has 0 fully saturated rings. The number of rotatable bonds is 23. The lowest BCUT2D eigenvalue weighted by Gasteiger charge is -2.36. The Hall–Kier alpha value is -13.1. The Morgan fingerprint density at radius 2 is 0.712 bits per heavy atom. The normalized spacial score (nSPS) is 16.6. The molecule has 25 nitrogen and oxygen atoms in total. The Kier molecular flexibility index (Phi) is 33.1. The molecule has 3 aliphatic carbocycles. The molecule has 6 atom stereocenters. The summed E-state index contributed by atoms with van der Waals surface area (Å²) in [6.45, 7) is 33.4. The summed E-state index contributed by atoms with van der Waals surface area (Å²) in [7, 11) is -3.50. The molecule has 16 rings (SSSR count). The van der Waals surface area contributed by atoms with E-state index in [1.165, 1.54) is 63.8 Å². The Bertz CT molecular complexity index is 6430. The Morgan fingerprint density at radius 3 is 1.08 bits per heavy atom. The molecule has 0 unspecified atom stereocenters. The minimum absolute atomic E-state index is 0.0120. The third-order valence-corrected chi connectivity index (χ3v) is 40.2. The quantitative estimate of drug-likeness (QED) is 0.0262. The summed E-state index contributed by atoms with van der Waals surface area (Å²) in [5.74, 6) is 5.11. The van der Waals surface area contributed by atoms with Crippen LogP contribution in [0.25, 0.3) is 0 Å². The van der Waals surface area contributed by atoms with Crippen LogP contribution in [0.4, 0.5) is 13.2 Å². The maximum atomic E-state index is 15.2. The Balaban J connectivity index is 0.000000162. The highest BCUT2D eigenvalue weighted by Gasteiger charge is 2.44. The molecule has 33 heteroatoms. The number of phenolic OH excluding ortho intramolecular Hbond substituents is 2. The number of fused-ring (bicyclic) bond motifs is 6. The summed E-state index contributed by atoms with van der Waals surface area (Å²) >= 11 is 3.36. The molecule has 3 aliphatic heterocycles. The van der Waals surface area contributed by atoms with Gasteiger partial charge in [-0.1, -0.05) is 103 Å². The highest BCUT2D eigenvalue weighted by Crippen LogP contribution is 2.51. The monoisotopic (exact) mass is 2010 g/mol. The van der Waals surface area contributed by atoms with Crippen LogP contribution in [0.1, 0.15) is 209 Å². The number of hydrogen-bond donors (Lipinski definition) is 4. The third-order valence-electron chi connectivity index (χ3n) is 26.7. The van der Waals surface area contributed by atoms with Crippen LogP contribution >= 0.6 is 15.9 Å². The van der Waals surface area contributed by atoms with E-state index in [1.807, 2.05) is 48.5 Å². The molecule has 0 bridgehead atoms. The van der Waals surface area contributed by atoms with Crippen molar-refractivity contribution < 1.29 is 113 Å². The van der Waals surface area contributed by atoms with Gasteiger partial charge in [0.25, 0.3) is 25.0 Å². The molecule has 0 saturated carbocycles. The summed E-state index contributed by atoms with van der Waals surface area (Å²) in [5.41, 5.74) is 7.88. The van der Waals surface area contributed by atoms with Gasteiger partial charge >= 0.3 is 25.0 Å². The number of benzene rings is 10. The highest BCUT2D eigenvalue weighted by molar-refractivity contribution is 9.10. The van der Waals surface area contributed by atoms with Crippen molar-refractivity contribution in [1.82, 2.24) is 0 Å². The van der Waals surface area contributed by atoms with E-state index >= 15 is 4.39 Å². The van der Waals surface area contributed by atoms with Gasteiger partial charge in [-0.05, 0) is 208 Å². The summed E-state index contributed by atoms with van der Waals surface area (Å²) < 4.78 is 126. The van der Waals surface area contributed by atoms with Gasteiger partial charge in [-0.15, -0.1) is 0 Å². The van der Waals surface area contributed by atoms with Gasteiger partial charge in [0.1, 0.15) is 146 Å². The second-order valence-corrected chi connectivity index (χ2v) is 54.2. The zero-order valence-electron chi connectivity index (χ0n) is 81.1. The van der Waals surface area contributed by atoms with Crippen molar-refractivity contribution in [2.75, 3.05) is 41.2 Å². The first-order valence-corrected chi connectivity index (χ1v) is 55.1. The lowest BCUT2D eigenvalue weighted by molar-refractivity contribution is -0.142. The van der Waals surface area contributed by atoms with E-state index in [1.54, 1.807) is 84.9 Å². The van der Waals surface area contributed by atoms with Gasteiger partial charge in [0.05, 0.1) is 82.7 Å². The van der Waals surface area contributed by atoms with Crippen molar-refractivity contribution >= 4 is 71.4 Å². The van der Waals surface area contributed by atoms with Crippen LogP contribution in [-0.2, 0) is 47.9 Å². The van der Waals surface area contributed by atoms with Crippen molar-refractivity contribution in [3.8, 4) is 111 Å². The van der Waals surface area contributed by atoms with E-state index in [0.29, 0.717) is 183 Å². The number of nitrogens with zero attached hydrogens (tertiary/aromatic N) is 4. The summed E-state index contributed by atoms with van der Waals surface area (Å²) in [4.78, 5) is 34.9. The van der Waals surface area contributed by atoms with Gasteiger partial charge in [-0.3, -0.25) is 14.4 Å². The molecule has 10 aromatic carbocycles. The van der Waals surface area contributed by atoms with E-state index < -0.39 is 50.4 Å². The maximum absolute atomic E-state index is 15.2. The lowest BCUT2D eigenvalue weighted by atomic mass is 9.79. The number of ether oxygens (including phenoxy) is 11. The van der Waals surface area contributed by atoms with Gasteiger partial charge in [0.2, 0.25) is 0 Å². The molecular weight excluding hydrogens is 1900 g/mol. The predicted octanol–water partition coefficient (Wildman–Crippen LogP) is 23.2. The number of hydrogen-bond acceptors (Lipinski definition) is 25. The first kappa shape index (κ1) is 105. The maximum Gasteiger partial charge on any atom is 0.488 e. The number of aromatic hydroxyl groups is 2. The number of halogens is 4. The van der Waals surface area contributed by atoms with Crippen molar-refractivity contribution in [3.05, 3.63) is 258 Å². The minimum atomic E-state index is -2.14. The molecule has 0 amide bonds. The highest BCUT2D eigenvalue weighted by atomic mass is 79.9. The van der Waals surface area contributed by atoms with Crippen LogP contribution in [0.2, 0.25) is 54.4 Å². The van der Waals surface area contributed by atoms with Gasteiger partial charge in [-0.2, -0.15) is 21.0 Å². The van der Waals surface area contributed by atoms with Gasteiger partial charge in [-0.25, -0.2) is 13.2 Å². The second kappa shape index (κ2) is 43.9. The summed E-state index contributed by atoms with van der Waals surface area (Å²) in [6, 6.07) is 53.1. The van der Waals surface area contributed by atoms with Crippen molar-refractivity contribution in [3.63, 3.8) is 0 Å². The molecule has 10 aromatic rings. The average molecular weight is 2010 g/mol. The molecule has 139 heavy (non-hydrogen) atoms. The smallest absolute Gasteiger partial charge is 0.488 e. The fourth-order valence-electron chi connectivity index (χ4n) is 15.8. The zero-order chi connectivity index (χ0) is 101. The summed E-state index contributed by atoms with van der Waals surface area (Å²) in [5, 5.41) is 75.2. The zero-order valence-corrected chi connectivity index (χ0v) is 85.7. The van der Waals surface area contributed by atoms with E-state index in [4.69, 9.17) is 91.2 Å². The SMILES string of the molecule is CC(C)(C)[Si](C)(C)Oc1ccc(B(O)O)cc1C#N.CC(C)(C)[Si](C)(C)Oc1ccc(Br)cc1C#N.COC(=O)C[C@@H]1COc2cc(O[C@@H]3CCc4c(O)ccc(F)c43)ccc21.COC(=O)C[C@@H]1COc2cc(O[C@@H]3CCc4c(Oc5ccc(O)c(C#N)c5)ccc(F)c43)ccc21.COC(=O)C[C@@H]1COc2cc(O[C@@H]3CCc4c(Oc5ccc(O[Si](C)(C)C(C)(C)C)c(C#N)c5)ccc(F)c43)ccc21. The van der Waals surface area contributed by atoms with Crippen molar-refractivity contribution in [2.45, 2.75) is 211 Å². The lowest BCUT2D eigenvalue weighted by Crippen LogP contribution is -2.44. The number of esters is 3. The van der Waals surface area contributed by atoms with Crippen LogP contribution in [0.5, 0.6) is 86.2 Å². The van der Waals surface area contributed by atoms with Gasteiger partial charge in [0, 0.05) is 103 Å². The number of phenols is 2. The molecule has 6 aliphatic rings. The van der Waals surface area contributed by atoms with E-state index in [2.05, 4.69) is 130 Å². The van der Waals surface area contributed by atoms with Crippen LogP contribution in [0.3, 0.4) is 0 Å². The first-order valence-electron chi connectivity index (χ1n) is 45.6. The Morgan fingerprint density at radius 1 is 0.403 bits per heavy atom. The summed E-state index contributed by atoms with van der Waals surface area (Å²) in [6.07, 6.45) is 2.77. The van der Waals surface area contributed by atoms with Gasteiger partial charge < -0.3 is 85.6 Å². The molecule has 0 radical (unpaired) electrons. The van der Waals surface area contributed by atoms with Gasteiger partial charge in [0.15, 0.2) is 0 Å². The topological polar surface area (TPSA) is 357 Å². The fraction of sp³-hybridized carbons (Fsp3) is 0.368. The molecule has 4 N–H and O–H groups in total. The van der Waals surface area contributed by atoms with E-state index in [9.17, 15) is 38.6 Å². The molecule has 0 saturated heterocycles. The third kappa shape index (κ3) is 25.0. The number of carbonyl (C=O) groups is 3. The number of nitriles is 4. The largest absolute Gasteiger partial charge is 0.543 e. The number of methoxy groups -OCH3 is 3. The number of carbonyl (C=O) groups excluding carboxylic acids is 3. The van der Waals surface area contributed by atoms with Crippen LogP contribution < -0.4 is 56.6 Å². The van der Waals surface area contributed by atoms with Crippen molar-refractivity contribution in [1.29, 1.82) is 21.0 Å². The van der Waals surface area contributed by atoms with E-state index in [-0.39, 0.29) is 105 Å². The second-order valence-electron chi connectivity index (χ2n) is 39.1. The van der Waals surface area contributed by atoms with Crippen LogP contribution in [0, 0.1) is 62.8 Å². The van der Waals surface area contributed by atoms with E-state index in [0.717, 1.165) is 26.7 Å². The standard InChI is InChI=1S/C33H36FNO6Si.C27H22FNO6.C20H19FO5.C13H20BNO3Si.C13H18BrNOSi/c1-33(2,3)42(5,6)41-27-12-8-22(15-20(27)18-35)39-28-14-11-26(34)32-25(28)10-13-29(32)40-23-7-9-24-21(16-31(36)37-4)19-38-30(24)17-23;1-32-26(31)11-16-14-33-25-12-18(2-4-19(16)25)35-24-8-5-20-23(9-6-21(28)27(20)24)34-17-3-7-22(30)15(10-17)13-29;1-24-19(23)8-11-10-25-18-9-12(2-3-13(11)18)26-17-7-4-14-16(22)6-5-15(21)20(14)17;1-13(2,3)19(4,5)18-12-7-6-11(14(16)17)8-10(12)9-15;1-13(2,3)17(4,5)16-12-7-6-11(14)8-10(12)9-15/h7-9,11-12,14-15,17,21,29H,10,13,16,19H2,1-6H3;2-4,6-7,9-10,12,16,24,30H,5,8,11,14H2,1H3;2-3,5-6,9,11,17,22H,4,7-8,10H2,1H3;6-8,16-17H,1-5H3;6-8H,1-5H3/t21-,29-;16-,24-;11-,17-;;/m111../s1. The average Bonchev–Trinajstić information content (AvgIpc) is 1.61. The molecular formula is C106H115BBrF3N4O21Si3. The van der Waals surface area contributed by atoms with Crippen LogP contribution in [0.15, 0.2) is 168 Å².